The molecule has 2 aromatic heterocycles. The molecule has 2 aromatic rings. The fourth-order valence-electron chi connectivity index (χ4n) is 2.72. The Kier molecular flexibility index (Phi) is 3.48. The van der Waals surface area contributed by atoms with Crippen LogP contribution in [0.25, 0.3) is 0 Å². The normalized spacial score (nSPS) is 20.6. The topological polar surface area (TPSA) is 21.1 Å². The molecule has 1 unspecified atom stereocenters. The van der Waals surface area contributed by atoms with Gasteiger partial charge in [0.15, 0.2) is 0 Å². The smallest absolute Gasteiger partial charge is 0.0946 e. The van der Waals surface area contributed by atoms with Gasteiger partial charge in [0.1, 0.15) is 0 Å². The average Bonchev–Trinajstić information content (AvgIpc) is 3.05. The van der Waals surface area contributed by atoms with E-state index in [-0.39, 0.29) is 0 Å². The highest BCUT2D eigenvalue weighted by molar-refractivity contribution is 7.11. The summed E-state index contributed by atoms with van der Waals surface area (Å²) in [6, 6.07) is 5.16. The van der Waals surface area contributed by atoms with Crippen molar-refractivity contribution in [3.63, 3.8) is 0 Å². The van der Waals surface area contributed by atoms with Crippen molar-refractivity contribution in [2.75, 3.05) is 6.54 Å². The van der Waals surface area contributed by atoms with E-state index in [1.807, 2.05) is 23.9 Å². The molecule has 0 aliphatic carbocycles. The molecule has 3 heterocycles. The van der Waals surface area contributed by atoms with Crippen molar-refractivity contribution >= 4 is 11.3 Å². The van der Waals surface area contributed by atoms with Crippen LogP contribution in [0.5, 0.6) is 0 Å². The molecule has 3 nitrogen and oxygen atoms in total. The number of hydrogen-bond donors (Lipinski definition) is 0. The lowest BCUT2D eigenvalue weighted by molar-refractivity contribution is 0.226. The summed E-state index contributed by atoms with van der Waals surface area (Å²) < 4.78 is 2.20. The first-order valence-corrected chi connectivity index (χ1v) is 7.38. The van der Waals surface area contributed by atoms with Crippen LogP contribution in [0, 0.1) is 6.92 Å². The van der Waals surface area contributed by atoms with Gasteiger partial charge in [0, 0.05) is 41.3 Å². The van der Waals surface area contributed by atoms with E-state index in [0.29, 0.717) is 6.04 Å². The van der Waals surface area contributed by atoms with Crippen LogP contribution in [-0.2, 0) is 13.1 Å². The predicted octanol–water partition coefficient (Wildman–Crippen LogP) is 2.92. The van der Waals surface area contributed by atoms with Crippen LogP contribution in [0.2, 0.25) is 0 Å². The van der Waals surface area contributed by atoms with Crippen molar-refractivity contribution < 1.29 is 0 Å². The molecule has 1 fully saturated rings. The Hall–Kier alpha value is -1.13. The lowest BCUT2D eigenvalue weighted by atomic mass is 10.2. The van der Waals surface area contributed by atoms with Crippen LogP contribution in [0.3, 0.4) is 0 Å². The van der Waals surface area contributed by atoms with Gasteiger partial charge in [-0.2, -0.15) is 0 Å². The molecule has 1 saturated heterocycles. The molecular weight excluding hydrogens is 242 g/mol. The monoisotopic (exact) mass is 261 g/mol. The molecule has 0 aromatic carbocycles. The molecule has 1 aliphatic heterocycles. The largest absolute Gasteiger partial charge is 0.336 e. The number of rotatable bonds is 4. The molecule has 0 bridgehead atoms. The zero-order chi connectivity index (χ0) is 12.4. The third kappa shape index (κ3) is 2.65. The summed E-state index contributed by atoms with van der Waals surface area (Å²) in [5.41, 5.74) is 0. The van der Waals surface area contributed by atoms with Crippen LogP contribution in [0.4, 0.5) is 0 Å². The molecule has 0 saturated carbocycles. The summed E-state index contributed by atoms with van der Waals surface area (Å²) in [5.74, 6) is 0. The Morgan fingerprint density at radius 3 is 3.11 bits per heavy atom. The Morgan fingerprint density at radius 2 is 2.39 bits per heavy atom. The highest BCUT2D eigenvalue weighted by atomic mass is 32.1. The zero-order valence-corrected chi connectivity index (χ0v) is 11.6. The van der Waals surface area contributed by atoms with Crippen molar-refractivity contribution in [3.8, 4) is 0 Å². The molecular formula is C14H19N3S. The molecule has 1 atom stereocenters. The fourth-order valence-corrected chi connectivity index (χ4v) is 3.63. The van der Waals surface area contributed by atoms with Gasteiger partial charge in [-0.3, -0.25) is 4.90 Å². The van der Waals surface area contributed by atoms with Gasteiger partial charge in [-0.1, -0.05) is 0 Å². The van der Waals surface area contributed by atoms with Crippen molar-refractivity contribution in [1.29, 1.82) is 0 Å². The number of hydrogen-bond acceptors (Lipinski definition) is 3. The van der Waals surface area contributed by atoms with Crippen molar-refractivity contribution in [2.24, 2.45) is 0 Å². The lowest BCUT2D eigenvalue weighted by Gasteiger charge is -2.24. The molecule has 1 aliphatic rings. The maximum absolute atomic E-state index is 4.12. The summed E-state index contributed by atoms with van der Waals surface area (Å²) in [4.78, 5) is 9.64. The zero-order valence-electron chi connectivity index (χ0n) is 10.7. The van der Waals surface area contributed by atoms with E-state index in [0.717, 1.165) is 13.1 Å². The van der Waals surface area contributed by atoms with Gasteiger partial charge >= 0.3 is 0 Å². The highest BCUT2D eigenvalue weighted by Crippen LogP contribution is 2.24. The molecule has 0 amide bonds. The first kappa shape index (κ1) is 11.9. The summed E-state index contributed by atoms with van der Waals surface area (Å²) in [5, 5.41) is 0. The predicted molar refractivity (Wildman–Crippen MR) is 74.7 cm³/mol. The first-order chi connectivity index (χ1) is 8.81. The second-order valence-corrected chi connectivity index (χ2v) is 6.41. The lowest BCUT2D eigenvalue weighted by Crippen LogP contribution is -2.31. The maximum atomic E-state index is 4.12. The Morgan fingerprint density at radius 1 is 1.44 bits per heavy atom. The molecule has 3 rings (SSSR count). The summed E-state index contributed by atoms with van der Waals surface area (Å²) in [7, 11) is 0. The van der Waals surface area contributed by atoms with Gasteiger partial charge in [0.05, 0.1) is 6.33 Å². The van der Waals surface area contributed by atoms with E-state index in [1.165, 1.54) is 29.1 Å². The SMILES string of the molecule is Cc1ccc(CN2CCCC2Cn2ccnc2)s1. The van der Waals surface area contributed by atoms with Crippen LogP contribution in [0.1, 0.15) is 22.6 Å². The van der Waals surface area contributed by atoms with Crippen molar-refractivity contribution in [3.05, 3.63) is 40.6 Å². The number of imidazole rings is 1. The number of thiophene rings is 1. The third-order valence-electron chi connectivity index (χ3n) is 3.63. The summed E-state index contributed by atoms with van der Waals surface area (Å²) in [6.45, 7) is 5.60. The molecule has 0 radical (unpaired) electrons. The van der Waals surface area contributed by atoms with Gasteiger partial charge in [-0.25, -0.2) is 4.98 Å². The maximum Gasteiger partial charge on any atom is 0.0946 e. The van der Waals surface area contributed by atoms with Gasteiger partial charge in [0.25, 0.3) is 0 Å². The van der Waals surface area contributed by atoms with Gasteiger partial charge in [-0.15, -0.1) is 11.3 Å². The van der Waals surface area contributed by atoms with Gasteiger partial charge in [0.2, 0.25) is 0 Å². The van der Waals surface area contributed by atoms with Crippen LogP contribution < -0.4 is 0 Å². The van der Waals surface area contributed by atoms with Crippen LogP contribution in [0.15, 0.2) is 30.9 Å². The van der Waals surface area contributed by atoms with E-state index in [9.17, 15) is 0 Å². The Labute approximate surface area is 112 Å². The second-order valence-electron chi connectivity index (χ2n) is 5.04. The quantitative estimate of drug-likeness (QED) is 0.844. The number of likely N-dealkylation sites (tertiary alicyclic amines) is 1. The molecule has 0 N–H and O–H groups in total. The standard InChI is InChI=1S/C14H19N3S/c1-12-4-5-14(18-12)10-17-7-2-3-13(17)9-16-8-6-15-11-16/h4-6,8,11,13H,2-3,7,9-10H2,1H3. The van der Waals surface area contributed by atoms with E-state index < -0.39 is 0 Å². The summed E-state index contributed by atoms with van der Waals surface area (Å²) >= 11 is 1.92. The third-order valence-corrected chi connectivity index (χ3v) is 4.62. The van der Waals surface area contributed by atoms with Crippen molar-refractivity contribution in [2.45, 2.75) is 38.9 Å². The van der Waals surface area contributed by atoms with Crippen LogP contribution >= 0.6 is 11.3 Å². The minimum absolute atomic E-state index is 0.668. The van der Waals surface area contributed by atoms with E-state index in [4.69, 9.17) is 0 Å². The van der Waals surface area contributed by atoms with Crippen LogP contribution in [-0.4, -0.2) is 27.0 Å². The van der Waals surface area contributed by atoms with Crippen molar-refractivity contribution in [1.82, 2.24) is 14.5 Å². The molecule has 0 spiro atoms. The highest BCUT2D eigenvalue weighted by Gasteiger charge is 2.24. The van der Waals surface area contributed by atoms with E-state index in [2.05, 4.69) is 39.7 Å². The Bertz CT molecular complexity index is 489. The molecule has 4 heteroatoms. The Balaban J connectivity index is 1.64. The minimum atomic E-state index is 0.668. The number of aromatic nitrogens is 2. The van der Waals surface area contributed by atoms with Gasteiger partial charge in [-0.05, 0) is 38.4 Å². The minimum Gasteiger partial charge on any atom is -0.336 e. The number of nitrogens with zero attached hydrogens (tertiary/aromatic N) is 3. The molecule has 18 heavy (non-hydrogen) atoms. The van der Waals surface area contributed by atoms with E-state index >= 15 is 0 Å². The van der Waals surface area contributed by atoms with E-state index in [1.54, 1.807) is 0 Å². The second kappa shape index (κ2) is 5.24. The average molecular weight is 261 g/mol. The summed E-state index contributed by atoms with van der Waals surface area (Å²) in [6.07, 6.45) is 8.48. The number of aryl methyl sites for hydroxylation is 1. The molecule has 96 valence electrons. The first-order valence-electron chi connectivity index (χ1n) is 6.56. The fraction of sp³-hybridized carbons (Fsp3) is 0.500. The van der Waals surface area contributed by atoms with Gasteiger partial charge < -0.3 is 4.57 Å².